The Balaban J connectivity index is 1.54. The van der Waals surface area contributed by atoms with E-state index < -0.39 is 5.92 Å². The van der Waals surface area contributed by atoms with Crippen molar-refractivity contribution in [3.8, 4) is 28.3 Å². The van der Waals surface area contributed by atoms with Gasteiger partial charge in [-0.1, -0.05) is 48.5 Å². The van der Waals surface area contributed by atoms with Crippen LogP contribution in [0.1, 0.15) is 5.56 Å². The van der Waals surface area contributed by atoms with Gasteiger partial charge in [-0.3, -0.25) is 9.78 Å². The second kappa shape index (κ2) is 10.9. The van der Waals surface area contributed by atoms with E-state index in [9.17, 15) is 4.79 Å². The molecule has 2 heterocycles. The van der Waals surface area contributed by atoms with E-state index in [1.807, 2.05) is 78.9 Å². The number of nitrogens with zero attached hydrogens (tertiary/aromatic N) is 3. The lowest BCUT2D eigenvalue weighted by atomic mass is 9.98. The smallest absolute Gasteiger partial charge is 0.222 e. The van der Waals surface area contributed by atoms with Crippen LogP contribution in [0, 0.1) is 5.92 Å². The predicted octanol–water partition coefficient (Wildman–Crippen LogP) is 5.12. The number of benzene rings is 3. The normalized spacial score (nSPS) is 11.7. The van der Waals surface area contributed by atoms with E-state index in [4.69, 9.17) is 20.4 Å². The van der Waals surface area contributed by atoms with Crippen molar-refractivity contribution in [1.29, 1.82) is 0 Å². The zero-order chi connectivity index (χ0) is 25.6. The van der Waals surface area contributed by atoms with Crippen LogP contribution in [0.25, 0.3) is 33.4 Å². The molecule has 0 saturated heterocycles. The number of nitrogens with one attached hydrogen (secondary N) is 1. The number of primary amides is 1. The minimum atomic E-state index is -0.407. The van der Waals surface area contributed by atoms with Crippen molar-refractivity contribution < 1.29 is 9.53 Å². The van der Waals surface area contributed by atoms with E-state index >= 15 is 0 Å². The number of hydrogen-bond acceptors (Lipinski definition) is 6. The minimum absolute atomic E-state index is 0.339. The first kappa shape index (κ1) is 23.9. The number of fused-ring (bicyclic) bond motifs is 1. The summed E-state index contributed by atoms with van der Waals surface area (Å²) in [5.41, 5.74) is 10.4. The lowest BCUT2D eigenvalue weighted by molar-refractivity contribution is -0.121. The van der Waals surface area contributed by atoms with Crippen molar-refractivity contribution in [2.75, 3.05) is 19.0 Å². The summed E-state index contributed by atoms with van der Waals surface area (Å²) in [5.74, 6) is 1.20. The van der Waals surface area contributed by atoms with Crippen molar-refractivity contribution in [1.82, 2.24) is 15.0 Å². The Hall–Kier alpha value is -4.78. The number of pyridine rings is 1. The molecule has 0 aliphatic carbocycles. The summed E-state index contributed by atoms with van der Waals surface area (Å²) in [6, 6.07) is 27.6. The molecule has 0 bridgehead atoms. The van der Waals surface area contributed by atoms with E-state index in [1.165, 1.54) is 0 Å². The molecule has 1 amide bonds. The van der Waals surface area contributed by atoms with Crippen LogP contribution in [-0.2, 0) is 11.2 Å². The van der Waals surface area contributed by atoms with Crippen LogP contribution >= 0.6 is 0 Å². The van der Waals surface area contributed by atoms with Gasteiger partial charge in [0.1, 0.15) is 11.6 Å². The third kappa shape index (κ3) is 5.56. The maximum absolute atomic E-state index is 12.3. The summed E-state index contributed by atoms with van der Waals surface area (Å²) in [6.07, 6.45) is 3.99. The molecule has 0 aliphatic rings. The van der Waals surface area contributed by atoms with Gasteiger partial charge in [0, 0.05) is 29.9 Å². The molecule has 3 aromatic carbocycles. The van der Waals surface area contributed by atoms with E-state index in [2.05, 4.69) is 16.4 Å². The average Bonchev–Trinajstić information content (AvgIpc) is 2.95. The summed E-state index contributed by atoms with van der Waals surface area (Å²) in [4.78, 5) is 26.2. The number of hydrogen-bond donors (Lipinski definition) is 2. The van der Waals surface area contributed by atoms with Gasteiger partial charge in [0.05, 0.1) is 18.5 Å². The first-order valence-electron chi connectivity index (χ1n) is 12.0. The molecular weight excluding hydrogens is 462 g/mol. The monoisotopic (exact) mass is 489 g/mol. The van der Waals surface area contributed by atoms with Crippen LogP contribution in [0.4, 0.5) is 5.82 Å². The Labute approximate surface area is 215 Å². The van der Waals surface area contributed by atoms with Crippen LogP contribution in [0.5, 0.6) is 5.75 Å². The molecule has 37 heavy (non-hydrogen) atoms. The molecule has 7 heteroatoms. The van der Waals surface area contributed by atoms with Crippen LogP contribution in [0.15, 0.2) is 97.3 Å². The van der Waals surface area contributed by atoms with Crippen LogP contribution in [0.2, 0.25) is 0 Å². The Morgan fingerprint density at radius 2 is 1.73 bits per heavy atom. The maximum Gasteiger partial charge on any atom is 0.222 e. The first-order chi connectivity index (χ1) is 18.1. The summed E-state index contributed by atoms with van der Waals surface area (Å²) >= 11 is 0. The molecule has 5 rings (SSSR count). The van der Waals surface area contributed by atoms with E-state index in [0.717, 1.165) is 38.9 Å². The molecule has 1 unspecified atom stereocenters. The maximum atomic E-state index is 12.3. The van der Waals surface area contributed by atoms with E-state index in [1.54, 1.807) is 19.5 Å². The minimum Gasteiger partial charge on any atom is -0.497 e. The number of ether oxygens (including phenoxy) is 1. The van der Waals surface area contributed by atoms with Crippen molar-refractivity contribution in [2.24, 2.45) is 11.7 Å². The zero-order valence-electron chi connectivity index (χ0n) is 20.5. The number of aromatic nitrogens is 3. The molecule has 3 N–H and O–H groups in total. The zero-order valence-corrected chi connectivity index (χ0v) is 20.5. The molecule has 1 atom stereocenters. The molecule has 0 aliphatic heterocycles. The average molecular weight is 490 g/mol. The Kier molecular flexibility index (Phi) is 7.03. The second-order valence-corrected chi connectivity index (χ2v) is 8.77. The summed E-state index contributed by atoms with van der Waals surface area (Å²) in [7, 11) is 1.65. The number of carbonyl (C=O) groups is 1. The number of rotatable bonds is 9. The lowest BCUT2D eigenvalue weighted by Gasteiger charge is -2.17. The van der Waals surface area contributed by atoms with Crippen molar-refractivity contribution in [2.45, 2.75) is 6.42 Å². The number of nitrogens with two attached hydrogens (primary N) is 1. The van der Waals surface area contributed by atoms with Gasteiger partial charge in [-0.05, 0) is 59.5 Å². The van der Waals surface area contributed by atoms with Gasteiger partial charge in [-0.15, -0.1) is 0 Å². The Morgan fingerprint density at radius 3 is 2.49 bits per heavy atom. The van der Waals surface area contributed by atoms with Gasteiger partial charge >= 0.3 is 0 Å². The van der Waals surface area contributed by atoms with E-state index in [-0.39, 0.29) is 5.91 Å². The predicted molar refractivity (Wildman–Crippen MR) is 146 cm³/mol. The van der Waals surface area contributed by atoms with Gasteiger partial charge in [-0.2, -0.15) is 0 Å². The molecule has 2 aromatic heterocycles. The first-order valence-corrected chi connectivity index (χ1v) is 12.0. The molecule has 5 aromatic rings. The fraction of sp³-hybridized carbons (Fsp3) is 0.133. The number of methoxy groups -OCH3 is 1. The third-order valence-corrected chi connectivity index (χ3v) is 6.26. The highest BCUT2D eigenvalue weighted by Crippen LogP contribution is 2.31. The number of amides is 1. The fourth-order valence-electron chi connectivity index (χ4n) is 4.26. The lowest BCUT2D eigenvalue weighted by Crippen LogP contribution is -2.31. The standard InChI is InChI=1S/C30H27N5O2/c1-37-25-11-5-9-21(16-25)22-12-13-27-26(17-22)30(35-29(34-27)23-10-6-14-32-18-23)33-19-24(28(31)36)15-20-7-3-2-4-8-20/h2-14,16-18,24H,15,19H2,1H3,(H2,31,36)(H,33,34,35). The third-order valence-electron chi connectivity index (χ3n) is 6.26. The number of anilines is 1. The van der Waals surface area contributed by atoms with Crippen molar-refractivity contribution in [3.63, 3.8) is 0 Å². The summed E-state index contributed by atoms with van der Waals surface area (Å²) < 4.78 is 5.40. The highest BCUT2D eigenvalue weighted by molar-refractivity contribution is 5.94. The molecule has 184 valence electrons. The Morgan fingerprint density at radius 1 is 0.919 bits per heavy atom. The highest BCUT2D eigenvalue weighted by atomic mass is 16.5. The summed E-state index contributed by atoms with van der Waals surface area (Å²) in [5, 5.41) is 4.25. The van der Waals surface area contributed by atoms with Crippen LogP contribution < -0.4 is 15.8 Å². The molecule has 0 saturated carbocycles. The molecule has 7 nitrogen and oxygen atoms in total. The summed E-state index contributed by atoms with van der Waals surface area (Å²) in [6.45, 7) is 0.339. The van der Waals surface area contributed by atoms with Crippen molar-refractivity contribution in [3.05, 3.63) is 103 Å². The Bertz CT molecular complexity index is 1520. The number of carbonyl (C=O) groups excluding carboxylic acids is 1. The largest absolute Gasteiger partial charge is 0.497 e. The highest BCUT2D eigenvalue weighted by Gasteiger charge is 2.18. The second-order valence-electron chi connectivity index (χ2n) is 8.77. The van der Waals surface area contributed by atoms with Crippen LogP contribution in [-0.4, -0.2) is 34.5 Å². The van der Waals surface area contributed by atoms with Gasteiger partial charge < -0.3 is 15.8 Å². The van der Waals surface area contributed by atoms with Gasteiger partial charge in [0.15, 0.2) is 5.82 Å². The quantitative estimate of drug-likeness (QED) is 0.298. The SMILES string of the molecule is COc1cccc(-c2ccc3nc(-c4cccnc4)nc(NCC(Cc4ccccc4)C(N)=O)c3c2)c1. The van der Waals surface area contributed by atoms with Gasteiger partial charge in [0.25, 0.3) is 0 Å². The van der Waals surface area contributed by atoms with E-state index in [0.29, 0.717) is 24.6 Å². The van der Waals surface area contributed by atoms with Crippen LogP contribution in [0.3, 0.4) is 0 Å². The molecule has 0 spiro atoms. The molecule has 0 radical (unpaired) electrons. The molecule has 0 fully saturated rings. The van der Waals surface area contributed by atoms with Gasteiger partial charge in [0.2, 0.25) is 5.91 Å². The fourth-order valence-corrected chi connectivity index (χ4v) is 4.26. The van der Waals surface area contributed by atoms with Gasteiger partial charge in [-0.25, -0.2) is 9.97 Å². The molecular formula is C30H27N5O2. The topological polar surface area (TPSA) is 103 Å². The van der Waals surface area contributed by atoms with Crippen molar-refractivity contribution >= 4 is 22.6 Å².